The first-order valence-electron chi connectivity index (χ1n) is 8.52. The van der Waals surface area contributed by atoms with Crippen molar-refractivity contribution in [2.45, 2.75) is 12.8 Å². The molecule has 27 heavy (non-hydrogen) atoms. The number of halogens is 2. The molecule has 1 aliphatic heterocycles. The summed E-state index contributed by atoms with van der Waals surface area (Å²) >= 11 is 9.28. The molecule has 2 aromatic rings. The summed E-state index contributed by atoms with van der Waals surface area (Å²) in [4.78, 5) is 26.5. The normalized spacial score (nSPS) is 14.1. The van der Waals surface area contributed by atoms with E-state index in [1.54, 1.807) is 24.3 Å². The van der Waals surface area contributed by atoms with Crippen LogP contribution in [0.4, 0.5) is 10.6 Å². The molecule has 3 N–H and O–H groups in total. The lowest BCUT2D eigenvalue weighted by Crippen LogP contribution is -2.35. The molecule has 0 radical (unpaired) electrons. The van der Waals surface area contributed by atoms with Gasteiger partial charge in [-0.3, -0.25) is 9.89 Å². The molecule has 2 heterocycles. The molecule has 1 fully saturated rings. The van der Waals surface area contributed by atoms with Crippen molar-refractivity contribution in [2.24, 2.45) is 0 Å². The third kappa shape index (κ3) is 5.21. The van der Waals surface area contributed by atoms with Gasteiger partial charge in [-0.15, -0.1) is 5.10 Å². The van der Waals surface area contributed by atoms with E-state index < -0.39 is 12.0 Å². The fraction of sp³-hybridized carbons (Fsp3) is 0.353. The van der Waals surface area contributed by atoms with Crippen molar-refractivity contribution in [1.29, 1.82) is 0 Å². The summed E-state index contributed by atoms with van der Waals surface area (Å²) in [5.74, 6) is -0.116. The van der Waals surface area contributed by atoms with Gasteiger partial charge in [0.1, 0.15) is 10.3 Å². The first-order chi connectivity index (χ1) is 13.0. The second kappa shape index (κ2) is 9.20. The molecule has 10 heteroatoms. The van der Waals surface area contributed by atoms with E-state index in [1.165, 1.54) is 12.8 Å². The molecule has 0 bridgehead atoms. The fourth-order valence-corrected chi connectivity index (χ4v) is 3.31. The molecule has 0 spiro atoms. The average Bonchev–Trinajstić information content (AvgIpc) is 3.27. The van der Waals surface area contributed by atoms with Gasteiger partial charge in [0.15, 0.2) is 0 Å². The van der Waals surface area contributed by atoms with Gasteiger partial charge in [-0.05, 0) is 54.0 Å². The fourth-order valence-electron chi connectivity index (χ4n) is 2.73. The number of anilines is 1. The Morgan fingerprint density at radius 3 is 2.78 bits per heavy atom. The molecule has 0 saturated carbocycles. The van der Waals surface area contributed by atoms with Gasteiger partial charge in [0.25, 0.3) is 11.8 Å². The van der Waals surface area contributed by atoms with Gasteiger partial charge in [0.2, 0.25) is 0 Å². The number of rotatable bonds is 6. The number of nitrogens with one attached hydrogen (secondary N) is 3. The van der Waals surface area contributed by atoms with Gasteiger partial charge in [-0.1, -0.05) is 23.7 Å². The van der Waals surface area contributed by atoms with Gasteiger partial charge in [-0.25, -0.2) is 4.79 Å². The monoisotopic (exact) mass is 455 g/mol. The van der Waals surface area contributed by atoms with E-state index in [1.807, 2.05) is 0 Å². The van der Waals surface area contributed by atoms with Crippen molar-refractivity contribution < 1.29 is 14.3 Å². The third-order valence-corrected chi connectivity index (χ3v) is 5.18. The van der Waals surface area contributed by atoms with Crippen LogP contribution in [-0.4, -0.2) is 53.3 Å². The van der Waals surface area contributed by atoms with Crippen LogP contribution in [0.5, 0.6) is 5.88 Å². The molecule has 1 aromatic carbocycles. The number of likely N-dealkylation sites (tertiary alicyclic amines) is 1. The maximum absolute atomic E-state index is 12.3. The number of hydrogen-bond acceptors (Lipinski definition) is 5. The molecule has 2 amide bonds. The standard InChI is InChI=1S/C17H19BrClN5O3/c18-13-14(21-15(25)11-5-1-2-6-12(11)19)22-23-16(13)27-17(26)20-7-10-24-8-3-4-9-24/h1-2,5-6H,3-4,7-10H2,(H,20,26)(H2,21,22,23,25). The topological polar surface area (TPSA) is 99.3 Å². The maximum atomic E-state index is 12.3. The molecule has 1 aromatic heterocycles. The minimum absolute atomic E-state index is 0.0307. The molecular formula is C17H19BrClN5O3. The number of amides is 2. The van der Waals surface area contributed by atoms with Crippen LogP contribution in [-0.2, 0) is 0 Å². The number of carbonyl (C=O) groups is 2. The second-order valence-electron chi connectivity index (χ2n) is 6.02. The largest absolute Gasteiger partial charge is 0.414 e. The number of hydrogen-bond donors (Lipinski definition) is 3. The summed E-state index contributed by atoms with van der Waals surface area (Å²) < 4.78 is 5.50. The Balaban J connectivity index is 1.52. The van der Waals surface area contributed by atoms with Crippen molar-refractivity contribution >= 4 is 45.3 Å². The van der Waals surface area contributed by atoms with E-state index >= 15 is 0 Å². The van der Waals surface area contributed by atoms with Crippen LogP contribution < -0.4 is 15.4 Å². The Bertz CT molecular complexity index is 823. The van der Waals surface area contributed by atoms with Crippen LogP contribution in [0.15, 0.2) is 28.7 Å². The van der Waals surface area contributed by atoms with E-state index in [0.717, 1.165) is 19.6 Å². The number of carbonyl (C=O) groups excluding carboxylic acids is 2. The predicted octanol–water partition coefficient (Wildman–Crippen LogP) is 3.26. The van der Waals surface area contributed by atoms with Crippen molar-refractivity contribution in [1.82, 2.24) is 20.4 Å². The van der Waals surface area contributed by atoms with Crippen molar-refractivity contribution in [3.8, 4) is 5.88 Å². The van der Waals surface area contributed by atoms with Crippen LogP contribution in [0.3, 0.4) is 0 Å². The minimum Gasteiger partial charge on any atom is -0.388 e. The van der Waals surface area contributed by atoms with Crippen LogP contribution in [0.1, 0.15) is 23.2 Å². The molecule has 8 nitrogen and oxygen atoms in total. The summed E-state index contributed by atoms with van der Waals surface area (Å²) in [6.45, 7) is 3.42. The number of aromatic amines is 1. The average molecular weight is 457 g/mol. The van der Waals surface area contributed by atoms with Gasteiger partial charge in [-0.2, -0.15) is 0 Å². The molecule has 144 valence electrons. The lowest BCUT2D eigenvalue weighted by atomic mass is 10.2. The lowest BCUT2D eigenvalue weighted by molar-refractivity contribution is 0.102. The van der Waals surface area contributed by atoms with E-state index in [9.17, 15) is 9.59 Å². The molecule has 0 aliphatic carbocycles. The zero-order valence-electron chi connectivity index (χ0n) is 14.4. The Morgan fingerprint density at radius 1 is 1.30 bits per heavy atom. The van der Waals surface area contributed by atoms with Gasteiger partial charge in [0, 0.05) is 13.1 Å². The summed E-state index contributed by atoms with van der Waals surface area (Å²) in [5, 5.41) is 12.2. The van der Waals surface area contributed by atoms with E-state index in [4.69, 9.17) is 16.3 Å². The van der Waals surface area contributed by atoms with Crippen LogP contribution in [0.2, 0.25) is 5.02 Å². The third-order valence-electron chi connectivity index (χ3n) is 4.12. The molecule has 1 saturated heterocycles. The highest BCUT2D eigenvalue weighted by molar-refractivity contribution is 9.10. The lowest BCUT2D eigenvalue weighted by Gasteiger charge is -2.14. The second-order valence-corrected chi connectivity index (χ2v) is 7.22. The van der Waals surface area contributed by atoms with Crippen molar-refractivity contribution in [2.75, 3.05) is 31.5 Å². The van der Waals surface area contributed by atoms with Crippen LogP contribution in [0.25, 0.3) is 0 Å². The highest BCUT2D eigenvalue weighted by Crippen LogP contribution is 2.30. The number of aromatic nitrogens is 2. The summed E-state index contributed by atoms with van der Waals surface area (Å²) in [6.07, 6.45) is 1.80. The first kappa shape index (κ1) is 19.7. The smallest absolute Gasteiger partial charge is 0.388 e. The van der Waals surface area contributed by atoms with Gasteiger partial charge >= 0.3 is 6.09 Å². The number of ether oxygens (including phenoxy) is 1. The zero-order valence-corrected chi connectivity index (χ0v) is 16.8. The number of nitrogens with zero attached hydrogens (tertiary/aromatic N) is 2. The zero-order chi connectivity index (χ0) is 19.2. The Kier molecular flexibility index (Phi) is 6.70. The Labute approximate surface area is 169 Å². The van der Waals surface area contributed by atoms with Crippen LogP contribution in [0, 0.1) is 0 Å². The van der Waals surface area contributed by atoms with Gasteiger partial charge < -0.3 is 20.3 Å². The molecule has 0 unspecified atom stereocenters. The highest BCUT2D eigenvalue weighted by Gasteiger charge is 2.19. The van der Waals surface area contributed by atoms with E-state index in [0.29, 0.717) is 21.6 Å². The Hall–Kier alpha value is -2.10. The highest BCUT2D eigenvalue weighted by atomic mass is 79.9. The predicted molar refractivity (Wildman–Crippen MR) is 105 cm³/mol. The van der Waals surface area contributed by atoms with E-state index in [-0.39, 0.29) is 11.7 Å². The molecule has 1 aliphatic rings. The number of benzene rings is 1. The summed E-state index contributed by atoms with van der Waals surface area (Å²) in [6, 6.07) is 6.68. The maximum Gasteiger partial charge on any atom is 0.414 e. The van der Waals surface area contributed by atoms with E-state index in [2.05, 4.69) is 41.7 Å². The van der Waals surface area contributed by atoms with Crippen molar-refractivity contribution in [3.05, 3.63) is 39.3 Å². The van der Waals surface area contributed by atoms with Gasteiger partial charge in [0.05, 0.1) is 10.6 Å². The quantitative estimate of drug-likeness (QED) is 0.619. The first-order valence-corrected chi connectivity index (χ1v) is 9.69. The van der Waals surface area contributed by atoms with Crippen LogP contribution >= 0.6 is 27.5 Å². The number of H-pyrrole nitrogens is 1. The summed E-state index contributed by atoms with van der Waals surface area (Å²) in [7, 11) is 0. The summed E-state index contributed by atoms with van der Waals surface area (Å²) in [5.41, 5.74) is 0.322. The molecule has 0 atom stereocenters. The van der Waals surface area contributed by atoms with Crippen molar-refractivity contribution in [3.63, 3.8) is 0 Å². The SMILES string of the molecule is O=C(NCCN1CCCC1)Oc1n[nH]c(NC(=O)c2ccccc2Cl)c1Br. The Morgan fingerprint density at radius 2 is 2.04 bits per heavy atom. The molecule has 3 rings (SSSR count). The molecular weight excluding hydrogens is 438 g/mol. The minimum atomic E-state index is -0.606.